The molecule has 3 aromatic rings. The number of ether oxygens (including phenoxy) is 2. The molecule has 0 radical (unpaired) electrons. The van der Waals surface area contributed by atoms with Crippen molar-refractivity contribution >= 4 is 29.1 Å². The Balaban J connectivity index is 1.98. The van der Waals surface area contributed by atoms with Gasteiger partial charge >= 0.3 is 5.97 Å². The van der Waals surface area contributed by atoms with Crippen LogP contribution in [0.25, 0.3) is 6.08 Å². The number of allylic oxidation sites excluding steroid dienone is 1. The summed E-state index contributed by atoms with van der Waals surface area (Å²) in [5.74, 6) is -0.0510. The van der Waals surface area contributed by atoms with Crippen LogP contribution < -0.4 is 19.6 Å². The summed E-state index contributed by atoms with van der Waals surface area (Å²) in [6, 6.07) is 12.4. The summed E-state index contributed by atoms with van der Waals surface area (Å²) < 4.78 is 12.6. The minimum atomic E-state index is -0.807. The predicted molar refractivity (Wildman–Crippen MR) is 126 cm³/mol. The van der Waals surface area contributed by atoms with Gasteiger partial charge in [0, 0.05) is 17.7 Å². The number of carbonyl (C=O) groups excluding carboxylic acids is 1. The van der Waals surface area contributed by atoms with E-state index in [0.29, 0.717) is 31.9 Å². The van der Waals surface area contributed by atoms with Crippen molar-refractivity contribution in [2.24, 2.45) is 4.99 Å². The Kier molecular flexibility index (Phi) is 6.42. The second-order valence-corrected chi connectivity index (χ2v) is 8.41. The average Bonchev–Trinajstić information content (AvgIpc) is 3.12. The second-order valence-electron chi connectivity index (χ2n) is 7.40. The third kappa shape index (κ3) is 4.15. The zero-order valence-corrected chi connectivity index (χ0v) is 19.5. The lowest BCUT2D eigenvalue weighted by Crippen LogP contribution is -2.40. The first-order valence-electron chi connectivity index (χ1n) is 10.4. The fourth-order valence-corrected chi connectivity index (χ4v) is 4.90. The summed E-state index contributed by atoms with van der Waals surface area (Å²) in [4.78, 5) is 42.1. The lowest BCUT2D eigenvalue weighted by atomic mass is 9.95. The molecule has 4 rings (SSSR count). The van der Waals surface area contributed by atoms with Crippen LogP contribution in [0.1, 0.15) is 31.0 Å². The molecule has 0 aliphatic carbocycles. The van der Waals surface area contributed by atoms with Gasteiger partial charge in [-0.05, 0) is 31.6 Å². The largest absolute Gasteiger partial charge is 0.496 e. The summed E-state index contributed by atoms with van der Waals surface area (Å²) in [7, 11) is 1.52. The van der Waals surface area contributed by atoms with Crippen LogP contribution in [0.3, 0.4) is 0 Å². The summed E-state index contributed by atoms with van der Waals surface area (Å²) in [5, 5.41) is 11.1. The van der Waals surface area contributed by atoms with E-state index in [0.717, 1.165) is 11.3 Å². The predicted octanol–water partition coefficient (Wildman–Crippen LogP) is 2.72. The number of methoxy groups -OCH3 is 1. The first-order chi connectivity index (χ1) is 16.3. The molecule has 10 heteroatoms. The number of aromatic nitrogens is 1. The van der Waals surface area contributed by atoms with Gasteiger partial charge in [0.2, 0.25) is 0 Å². The summed E-state index contributed by atoms with van der Waals surface area (Å²) in [5.41, 5.74) is 1.37. The standard InChI is InChI=1S/C24H21N3O6S/c1-4-33-23(29)20-14(2)25-24-26(21(20)17-10-5-6-11-18(17)32-3)22(28)19(34-24)13-15-8-7-9-16(12-15)27(30)31/h5-13,21H,4H2,1-3H3/b19-13-. The molecule has 34 heavy (non-hydrogen) atoms. The number of rotatable bonds is 6. The molecular weight excluding hydrogens is 458 g/mol. The summed E-state index contributed by atoms with van der Waals surface area (Å²) in [6.07, 6.45) is 1.58. The van der Waals surface area contributed by atoms with Crippen molar-refractivity contribution in [2.75, 3.05) is 13.7 Å². The molecule has 0 fully saturated rings. The zero-order chi connectivity index (χ0) is 24.4. The molecule has 0 N–H and O–H groups in total. The van der Waals surface area contributed by atoms with E-state index < -0.39 is 16.9 Å². The molecular formula is C24H21N3O6S. The fourth-order valence-electron chi connectivity index (χ4n) is 3.86. The number of nitrogens with zero attached hydrogens (tertiary/aromatic N) is 3. The van der Waals surface area contributed by atoms with Crippen LogP contribution in [0, 0.1) is 10.1 Å². The second kappa shape index (κ2) is 9.44. The Labute approximate surface area is 198 Å². The molecule has 174 valence electrons. The van der Waals surface area contributed by atoms with Gasteiger partial charge in [-0.15, -0.1) is 0 Å². The van der Waals surface area contributed by atoms with Crippen LogP contribution in [-0.4, -0.2) is 29.2 Å². The van der Waals surface area contributed by atoms with Gasteiger partial charge in [0.15, 0.2) is 4.80 Å². The monoisotopic (exact) mass is 479 g/mol. The minimum Gasteiger partial charge on any atom is -0.496 e. The van der Waals surface area contributed by atoms with E-state index in [9.17, 15) is 19.7 Å². The maximum absolute atomic E-state index is 13.6. The van der Waals surface area contributed by atoms with E-state index in [1.807, 2.05) is 0 Å². The number of hydrogen-bond acceptors (Lipinski definition) is 8. The number of fused-ring (bicyclic) bond motifs is 1. The Morgan fingerprint density at radius 1 is 1.26 bits per heavy atom. The van der Waals surface area contributed by atoms with Gasteiger partial charge in [-0.2, -0.15) is 0 Å². The maximum Gasteiger partial charge on any atom is 0.338 e. The van der Waals surface area contributed by atoms with Crippen molar-refractivity contribution in [3.63, 3.8) is 0 Å². The normalized spacial score (nSPS) is 15.5. The lowest BCUT2D eigenvalue weighted by molar-refractivity contribution is -0.384. The van der Waals surface area contributed by atoms with E-state index in [-0.39, 0.29) is 23.4 Å². The lowest BCUT2D eigenvalue weighted by Gasteiger charge is -2.25. The van der Waals surface area contributed by atoms with E-state index >= 15 is 0 Å². The number of non-ortho nitro benzene ring substituents is 1. The molecule has 0 saturated carbocycles. The van der Waals surface area contributed by atoms with Crippen molar-refractivity contribution in [3.8, 4) is 5.75 Å². The van der Waals surface area contributed by atoms with Gasteiger partial charge in [0.25, 0.3) is 11.2 Å². The Bertz CT molecular complexity index is 1500. The Morgan fingerprint density at radius 2 is 2.03 bits per heavy atom. The van der Waals surface area contributed by atoms with E-state index in [4.69, 9.17) is 9.47 Å². The molecule has 1 aliphatic rings. The maximum atomic E-state index is 13.6. The van der Waals surface area contributed by atoms with Crippen molar-refractivity contribution in [3.05, 3.63) is 101 Å². The van der Waals surface area contributed by atoms with Crippen LogP contribution >= 0.6 is 11.3 Å². The molecule has 0 spiro atoms. The summed E-state index contributed by atoms with van der Waals surface area (Å²) in [6.45, 7) is 3.58. The van der Waals surface area contributed by atoms with Gasteiger partial charge in [-0.1, -0.05) is 41.7 Å². The van der Waals surface area contributed by atoms with Gasteiger partial charge in [0.1, 0.15) is 11.8 Å². The molecule has 1 unspecified atom stereocenters. The van der Waals surface area contributed by atoms with E-state index in [1.54, 1.807) is 56.3 Å². The highest BCUT2D eigenvalue weighted by Gasteiger charge is 2.34. The Morgan fingerprint density at radius 3 is 2.74 bits per heavy atom. The molecule has 1 aromatic heterocycles. The third-order valence-corrected chi connectivity index (χ3v) is 6.31. The molecule has 0 bridgehead atoms. The quantitative estimate of drug-likeness (QED) is 0.305. The van der Waals surface area contributed by atoms with Crippen LogP contribution in [0.5, 0.6) is 5.75 Å². The highest BCUT2D eigenvalue weighted by Crippen LogP contribution is 2.35. The number of para-hydroxylation sites is 1. The van der Waals surface area contributed by atoms with Gasteiger partial charge in [-0.25, -0.2) is 9.79 Å². The molecule has 2 heterocycles. The molecule has 0 saturated heterocycles. The molecule has 1 atom stereocenters. The molecule has 0 amide bonds. The smallest absolute Gasteiger partial charge is 0.338 e. The molecule has 2 aromatic carbocycles. The first-order valence-corrected chi connectivity index (χ1v) is 11.2. The van der Waals surface area contributed by atoms with Crippen molar-refractivity contribution in [2.45, 2.75) is 19.9 Å². The first kappa shape index (κ1) is 23.1. The van der Waals surface area contributed by atoms with Crippen LogP contribution in [0.15, 0.2) is 69.6 Å². The van der Waals surface area contributed by atoms with Crippen molar-refractivity contribution in [1.82, 2.24) is 4.57 Å². The fraction of sp³-hybridized carbons (Fsp3) is 0.208. The SMILES string of the molecule is CCOC(=O)C1=C(C)N=c2s/c(=C\c3cccc([N+](=O)[O-])c3)c(=O)n2C1c1ccccc1OC. The molecule has 1 aliphatic heterocycles. The van der Waals surface area contributed by atoms with Gasteiger partial charge in [-0.3, -0.25) is 19.5 Å². The van der Waals surface area contributed by atoms with Crippen molar-refractivity contribution in [1.29, 1.82) is 0 Å². The number of esters is 1. The number of carbonyl (C=O) groups is 1. The number of benzene rings is 2. The van der Waals surface area contributed by atoms with E-state index in [2.05, 4.69) is 4.99 Å². The number of nitro groups is 1. The highest BCUT2D eigenvalue weighted by atomic mass is 32.1. The minimum absolute atomic E-state index is 0.0751. The van der Waals surface area contributed by atoms with Gasteiger partial charge in [0.05, 0.1) is 34.4 Å². The van der Waals surface area contributed by atoms with E-state index in [1.165, 1.54) is 23.8 Å². The number of nitro benzene ring substituents is 1. The van der Waals surface area contributed by atoms with Crippen LogP contribution in [0.4, 0.5) is 5.69 Å². The van der Waals surface area contributed by atoms with Crippen LogP contribution in [0.2, 0.25) is 0 Å². The number of thiazole rings is 1. The van der Waals surface area contributed by atoms with Crippen LogP contribution in [-0.2, 0) is 9.53 Å². The Hall–Kier alpha value is -4.05. The van der Waals surface area contributed by atoms with Crippen molar-refractivity contribution < 1.29 is 19.2 Å². The average molecular weight is 480 g/mol. The third-order valence-electron chi connectivity index (χ3n) is 5.33. The number of hydrogen-bond donors (Lipinski definition) is 0. The topological polar surface area (TPSA) is 113 Å². The zero-order valence-electron chi connectivity index (χ0n) is 18.7. The highest BCUT2D eigenvalue weighted by molar-refractivity contribution is 7.07. The summed E-state index contributed by atoms with van der Waals surface area (Å²) >= 11 is 1.15. The van der Waals surface area contributed by atoms with Gasteiger partial charge < -0.3 is 9.47 Å². The molecule has 9 nitrogen and oxygen atoms in total.